The van der Waals surface area contributed by atoms with Gasteiger partial charge >= 0.3 is 6.03 Å². The van der Waals surface area contributed by atoms with Crippen LogP contribution in [-0.4, -0.2) is 56.8 Å². The van der Waals surface area contributed by atoms with Crippen LogP contribution in [0.3, 0.4) is 0 Å². The summed E-state index contributed by atoms with van der Waals surface area (Å²) in [4.78, 5) is 38.4. The average molecular weight is 448 g/mol. The molecule has 0 spiro atoms. The van der Waals surface area contributed by atoms with Gasteiger partial charge < -0.3 is 9.80 Å². The van der Waals surface area contributed by atoms with E-state index in [0.29, 0.717) is 11.5 Å². The fraction of sp³-hybridized carbons (Fsp3) is 0.320. The predicted octanol–water partition coefficient (Wildman–Crippen LogP) is 3.91. The maximum Gasteiger partial charge on any atom is 0.328 e. The summed E-state index contributed by atoms with van der Waals surface area (Å²) in [6, 6.07) is 15.0. The number of guanidine groups is 1. The molecule has 0 aromatic heterocycles. The van der Waals surface area contributed by atoms with Gasteiger partial charge in [0.1, 0.15) is 5.82 Å². The highest BCUT2D eigenvalue weighted by atomic mass is 19.1. The summed E-state index contributed by atoms with van der Waals surface area (Å²) in [5, 5.41) is 0. The lowest BCUT2D eigenvalue weighted by molar-refractivity contribution is -0.137. The van der Waals surface area contributed by atoms with Crippen molar-refractivity contribution in [1.82, 2.24) is 19.6 Å². The first kappa shape index (κ1) is 21.2. The molecule has 7 nitrogen and oxygen atoms in total. The summed E-state index contributed by atoms with van der Waals surface area (Å²) in [5.41, 5.74) is 3.80. The molecule has 2 aromatic carbocycles. The number of imide groups is 1. The van der Waals surface area contributed by atoms with Gasteiger partial charge in [-0.1, -0.05) is 42.5 Å². The molecule has 1 fully saturated rings. The lowest BCUT2D eigenvalue weighted by Gasteiger charge is -2.40. The number of carbonyl (C=O) groups excluding carboxylic acids is 2. The van der Waals surface area contributed by atoms with Gasteiger partial charge in [-0.15, -0.1) is 0 Å². The van der Waals surface area contributed by atoms with Gasteiger partial charge in [0.2, 0.25) is 5.96 Å². The molecule has 33 heavy (non-hydrogen) atoms. The molecule has 3 heterocycles. The summed E-state index contributed by atoms with van der Waals surface area (Å²) in [7, 11) is 1.67. The van der Waals surface area contributed by atoms with E-state index < -0.39 is 18.2 Å². The van der Waals surface area contributed by atoms with Gasteiger partial charge in [0.15, 0.2) is 12.2 Å². The van der Waals surface area contributed by atoms with Crippen molar-refractivity contribution in [3.63, 3.8) is 0 Å². The monoisotopic (exact) mass is 447 g/mol. The number of hydrogen-bond donors (Lipinski definition) is 0. The number of rotatable bonds is 4. The molecule has 3 atom stereocenters. The van der Waals surface area contributed by atoms with Gasteiger partial charge in [-0.25, -0.2) is 14.2 Å². The van der Waals surface area contributed by atoms with Crippen LogP contribution in [0.1, 0.15) is 37.9 Å². The van der Waals surface area contributed by atoms with Gasteiger partial charge in [-0.05, 0) is 44.0 Å². The number of urea groups is 1. The van der Waals surface area contributed by atoms with Crippen molar-refractivity contribution in [3.05, 3.63) is 82.9 Å². The van der Waals surface area contributed by atoms with Crippen molar-refractivity contribution in [3.8, 4) is 0 Å². The summed E-state index contributed by atoms with van der Waals surface area (Å²) in [6.45, 7) is 6.21. The molecule has 3 aliphatic heterocycles. The fourth-order valence-corrected chi connectivity index (χ4v) is 4.90. The molecule has 0 bridgehead atoms. The minimum atomic E-state index is -0.633. The second-order valence-corrected chi connectivity index (χ2v) is 8.73. The first-order valence-electron chi connectivity index (χ1n) is 11.0. The third kappa shape index (κ3) is 3.20. The number of fused-ring (bicyclic) bond motifs is 3. The van der Waals surface area contributed by atoms with Crippen LogP contribution in [0.15, 0.2) is 71.0 Å². The zero-order valence-electron chi connectivity index (χ0n) is 19.1. The molecule has 0 N–H and O–H groups in total. The normalized spacial score (nSPS) is 23.2. The highest BCUT2D eigenvalue weighted by Crippen LogP contribution is 2.41. The van der Waals surface area contributed by atoms with E-state index in [-0.39, 0.29) is 24.3 Å². The summed E-state index contributed by atoms with van der Waals surface area (Å²) in [5.74, 6) is 0.0301. The van der Waals surface area contributed by atoms with Gasteiger partial charge in [-0.2, -0.15) is 0 Å². The molecule has 3 aliphatic rings. The zero-order chi connectivity index (χ0) is 23.4. The Kier molecular flexibility index (Phi) is 4.96. The molecule has 0 aliphatic carbocycles. The van der Waals surface area contributed by atoms with Crippen LogP contribution in [0.4, 0.5) is 9.18 Å². The van der Waals surface area contributed by atoms with E-state index in [4.69, 9.17) is 4.99 Å². The number of likely N-dealkylation sites (N-methyl/N-ethyl adjacent to an activating group) is 1. The molecule has 8 heteroatoms. The molecule has 3 amide bonds. The molecular weight excluding hydrogens is 421 g/mol. The highest BCUT2D eigenvalue weighted by molar-refractivity contribution is 6.05. The summed E-state index contributed by atoms with van der Waals surface area (Å²) in [6.07, 6.45) is -0.599. The first-order valence-corrected chi connectivity index (χ1v) is 11.0. The Bertz CT molecular complexity index is 1180. The van der Waals surface area contributed by atoms with Crippen LogP contribution < -0.4 is 0 Å². The van der Waals surface area contributed by atoms with Gasteiger partial charge in [0, 0.05) is 18.4 Å². The quantitative estimate of drug-likeness (QED) is 0.713. The van der Waals surface area contributed by atoms with Crippen LogP contribution in [0, 0.1) is 5.82 Å². The molecule has 0 radical (unpaired) electrons. The van der Waals surface area contributed by atoms with Crippen LogP contribution >= 0.6 is 0 Å². The molecule has 170 valence electrons. The minimum Gasteiger partial charge on any atom is -0.307 e. The molecule has 2 aromatic rings. The number of allylic oxidation sites excluding steroid dienone is 2. The Morgan fingerprint density at radius 1 is 1.00 bits per heavy atom. The molecule has 3 unspecified atom stereocenters. The Labute approximate surface area is 192 Å². The Balaban J connectivity index is 1.48. The number of benzene rings is 2. The van der Waals surface area contributed by atoms with Crippen molar-refractivity contribution >= 4 is 17.9 Å². The Morgan fingerprint density at radius 2 is 1.67 bits per heavy atom. The summed E-state index contributed by atoms with van der Waals surface area (Å²) >= 11 is 0. The van der Waals surface area contributed by atoms with Gasteiger partial charge in [0.05, 0.1) is 12.6 Å². The number of carbonyl (C=O) groups is 2. The van der Waals surface area contributed by atoms with E-state index in [1.165, 1.54) is 21.9 Å². The van der Waals surface area contributed by atoms with E-state index in [0.717, 1.165) is 17.0 Å². The van der Waals surface area contributed by atoms with Crippen molar-refractivity contribution < 1.29 is 14.0 Å². The third-order valence-electron chi connectivity index (χ3n) is 6.86. The molecule has 0 saturated carbocycles. The number of nitrogens with zero attached hydrogens (tertiary/aromatic N) is 5. The van der Waals surface area contributed by atoms with Crippen molar-refractivity contribution in [2.75, 3.05) is 7.05 Å². The van der Waals surface area contributed by atoms with E-state index in [1.807, 2.05) is 36.9 Å². The van der Waals surface area contributed by atoms with Crippen molar-refractivity contribution in [2.24, 2.45) is 4.99 Å². The number of amides is 3. The average Bonchev–Trinajstić information content (AvgIpc) is 3.32. The third-order valence-corrected chi connectivity index (χ3v) is 6.86. The minimum absolute atomic E-state index is 0.0106. The van der Waals surface area contributed by atoms with Crippen LogP contribution in [0.2, 0.25) is 0 Å². The second-order valence-electron chi connectivity index (χ2n) is 8.73. The zero-order valence-corrected chi connectivity index (χ0v) is 19.1. The molecular formula is C25H26FN5O2. The highest BCUT2D eigenvalue weighted by Gasteiger charge is 2.56. The van der Waals surface area contributed by atoms with Crippen LogP contribution in [-0.2, 0) is 11.3 Å². The fourth-order valence-electron chi connectivity index (χ4n) is 4.90. The number of aliphatic imine (C=N–C) groups is 1. The largest absolute Gasteiger partial charge is 0.328 e. The smallest absolute Gasteiger partial charge is 0.307 e. The van der Waals surface area contributed by atoms with Crippen molar-refractivity contribution in [2.45, 2.75) is 45.6 Å². The number of halogens is 1. The SMILES string of the molecule is CC1=C(C)N2C(=NC3C2C(=O)N(Cc2ccc(F)cc2)C(=O)N3C)N1C(C)c1ccccc1. The Hall–Kier alpha value is -3.68. The van der Waals surface area contributed by atoms with E-state index >= 15 is 0 Å². The Morgan fingerprint density at radius 3 is 2.33 bits per heavy atom. The van der Waals surface area contributed by atoms with E-state index in [9.17, 15) is 14.0 Å². The van der Waals surface area contributed by atoms with E-state index in [1.54, 1.807) is 19.2 Å². The summed E-state index contributed by atoms with van der Waals surface area (Å²) < 4.78 is 13.3. The lowest BCUT2D eigenvalue weighted by Crippen LogP contribution is -2.64. The van der Waals surface area contributed by atoms with Crippen molar-refractivity contribution in [1.29, 1.82) is 0 Å². The molecule has 5 rings (SSSR count). The van der Waals surface area contributed by atoms with Gasteiger partial charge in [0.25, 0.3) is 5.91 Å². The predicted molar refractivity (Wildman–Crippen MR) is 122 cm³/mol. The van der Waals surface area contributed by atoms with Crippen LogP contribution in [0.5, 0.6) is 0 Å². The maximum absolute atomic E-state index is 13.6. The first-order chi connectivity index (χ1) is 15.8. The maximum atomic E-state index is 13.6. The second kappa shape index (κ2) is 7.72. The van der Waals surface area contributed by atoms with Crippen LogP contribution in [0.25, 0.3) is 0 Å². The van der Waals surface area contributed by atoms with E-state index in [2.05, 4.69) is 24.0 Å². The number of hydrogen-bond acceptors (Lipinski definition) is 5. The topological polar surface area (TPSA) is 59.5 Å². The standard InChI is InChI=1S/C25H26FN5O2/c1-15-16(2)31-21-22(27-24(31)30(15)17(3)19-8-6-5-7-9-19)28(4)25(33)29(23(21)32)14-18-10-12-20(26)13-11-18/h5-13,17,21-22H,14H2,1-4H3. The lowest BCUT2D eigenvalue weighted by atomic mass is 10.1. The molecule has 1 saturated heterocycles. The van der Waals surface area contributed by atoms with Gasteiger partial charge in [-0.3, -0.25) is 14.6 Å².